The number of piperidine rings is 1. The quantitative estimate of drug-likeness (QED) is 0.448. The van der Waals surface area contributed by atoms with Gasteiger partial charge in [0.15, 0.2) is 6.61 Å². The second-order valence-corrected chi connectivity index (χ2v) is 9.20. The van der Waals surface area contributed by atoms with Crippen LogP contribution in [0.25, 0.3) is 10.9 Å². The van der Waals surface area contributed by atoms with Crippen molar-refractivity contribution in [1.82, 2.24) is 34.7 Å². The molecule has 2 fully saturated rings. The first-order valence-electron chi connectivity index (χ1n) is 12.0. The number of aryl methyl sites for hydroxylation is 2. The largest absolute Gasteiger partial charge is 0.481 e. The van der Waals surface area contributed by atoms with E-state index in [4.69, 9.17) is 10.5 Å². The van der Waals surface area contributed by atoms with E-state index in [9.17, 15) is 19.2 Å². The van der Waals surface area contributed by atoms with Crippen LogP contribution in [0.2, 0.25) is 0 Å². The molecule has 1 aromatic carbocycles. The second kappa shape index (κ2) is 9.56. The van der Waals surface area contributed by atoms with Crippen LogP contribution < -0.4 is 15.8 Å². The zero-order chi connectivity index (χ0) is 26.3. The maximum absolute atomic E-state index is 12.9. The Morgan fingerprint density at radius 2 is 1.84 bits per heavy atom. The Balaban J connectivity index is 1.23. The Labute approximate surface area is 212 Å². The summed E-state index contributed by atoms with van der Waals surface area (Å²) in [5.41, 5.74) is 7.78. The van der Waals surface area contributed by atoms with Gasteiger partial charge in [0.25, 0.3) is 11.8 Å². The van der Waals surface area contributed by atoms with Gasteiger partial charge in [-0.25, -0.2) is 0 Å². The predicted molar refractivity (Wildman–Crippen MR) is 131 cm³/mol. The van der Waals surface area contributed by atoms with Crippen LogP contribution in [0.4, 0.5) is 5.69 Å². The Morgan fingerprint density at radius 3 is 2.51 bits per heavy atom. The minimum atomic E-state index is -0.529. The highest BCUT2D eigenvalue weighted by atomic mass is 16.5. The van der Waals surface area contributed by atoms with E-state index in [1.165, 1.54) is 10.9 Å². The van der Waals surface area contributed by atoms with Gasteiger partial charge >= 0.3 is 0 Å². The van der Waals surface area contributed by atoms with Gasteiger partial charge in [0.1, 0.15) is 17.0 Å². The summed E-state index contributed by atoms with van der Waals surface area (Å²) in [6.07, 6.45) is 2.09. The zero-order valence-electron chi connectivity index (χ0n) is 20.6. The summed E-state index contributed by atoms with van der Waals surface area (Å²) in [7, 11) is 3.41. The number of fused-ring (bicyclic) bond motifs is 1. The molecule has 0 spiro atoms. The number of hydrogen-bond acceptors (Lipinski definition) is 8. The fourth-order valence-electron chi connectivity index (χ4n) is 4.91. The number of amides is 4. The number of benzene rings is 1. The minimum absolute atomic E-state index is 0.180. The third kappa shape index (κ3) is 4.47. The van der Waals surface area contributed by atoms with Crippen LogP contribution in [0, 0.1) is 0 Å². The smallest absolute Gasteiger partial charge is 0.274 e. The number of ether oxygens (including phenoxy) is 1. The Hall–Kier alpha value is -4.42. The van der Waals surface area contributed by atoms with Crippen LogP contribution in [0.3, 0.4) is 0 Å². The molecule has 1 unspecified atom stereocenters. The van der Waals surface area contributed by atoms with Crippen LogP contribution in [-0.2, 0) is 28.5 Å². The lowest BCUT2D eigenvalue weighted by Gasteiger charge is -2.34. The van der Waals surface area contributed by atoms with E-state index >= 15 is 0 Å². The molecular formula is C24H28N8O5. The molecule has 37 heavy (non-hydrogen) atoms. The Kier molecular flexibility index (Phi) is 6.27. The van der Waals surface area contributed by atoms with Gasteiger partial charge in [0.2, 0.25) is 11.8 Å². The normalized spacial score (nSPS) is 18.3. The molecular weight excluding hydrogens is 480 g/mol. The highest BCUT2D eigenvalue weighted by Crippen LogP contribution is 2.34. The van der Waals surface area contributed by atoms with Crippen LogP contribution in [0.15, 0.2) is 24.4 Å². The first-order chi connectivity index (χ1) is 17.7. The number of carbonyl (C=O) groups is 4. The Bertz CT molecular complexity index is 1380. The van der Waals surface area contributed by atoms with Gasteiger partial charge < -0.3 is 20.3 Å². The van der Waals surface area contributed by atoms with E-state index in [-0.39, 0.29) is 36.7 Å². The molecule has 5 rings (SSSR count). The molecule has 0 radical (unpaired) electrons. The number of hydrogen-bond donors (Lipinski definition) is 2. The molecule has 0 aliphatic carbocycles. The molecule has 0 saturated carbocycles. The van der Waals surface area contributed by atoms with E-state index in [2.05, 4.69) is 15.5 Å². The molecule has 2 aliphatic heterocycles. The zero-order valence-corrected chi connectivity index (χ0v) is 20.6. The third-order valence-electron chi connectivity index (χ3n) is 6.87. The molecule has 2 aliphatic rings. The van der Waals surface area contributed by atoms with Crippen molar-refractivity contribution in [2.75, 3.05) is 38.5 Å². The number of nitrogens with one attached hydrogen (secondary N) is 1. The average Bonchev–Trinajstić information content (AvgIpc) is 3.40. The van der Waals surface area contributed by atoms with Crippen LogP contribution >= 0.6 is 0 Å². The molecule has 2 saturated heterocycles. The van der Waals surface area contributed by atoms with Gasteiger partial charge in [-0.2, -0.15) is 10.2 Å². The van der Waals surface area contributed by atoms with Gasteiger partial charge in [-0.05, 0) is 12.5 Å². The van der Waals surface area contributed by atoms with Gasteiger partial charge in [0.05, 0.1) is 23.5 Å². The SMILES string of the molecule is Cn1ncc(N)c1C(=O)N1CCN(C(=O)COc2cccc3c(C4CCC(=O)NC4=O)nn(C)c23)CC1. The highest BCUT2D eigenvalue weighted by Gasteiger charge is 2.32. The summed E-state index contributed by atoms with van der Waals surface area (Å²) in [5, 5.41) is 11.7. The van der Waals surface area contributed by atoms with E-state index < -0.39 is 5.92 Å². The average molecular weight is 509 g/mol. The second-order valence-electron chi connectivity index (χ2n) is 9.20. The number of aromatic nitrogens is 4. The Morgan fingerprint density at radius 1 is 1.11 bits per heavy atom. The van der Waals surface area contributed by atoms with Crippen LogP contribution in [0.1, 0.15) is 34.9 Å². The lowest BCUT2D eigenvalue weighted by atomic mass is 9.93. The number of nitrogen functional groups attached to an aromatic ring is 1. The van der Waals surface area contributed by atoms with Gasteiger partial charge in [-0.15, -0.1) is 0 Å². The molecule has 2 aromatic heterocycles. The molecule has 3 aromatic rings. The van der Waals surface area contributed by atoms with Crippen LogP contribution in [0.5, 0.6) is 5.75 Å². The molecule has 4 heterocycles. The molecule has 4 amide bonds. The molecule has 194 valence electrons. The number of nitrogens with zero attached hydrogens (tertiary/aromatic N) is 6. The standard InChI is InChI=1S/C24H28N8O5/c1-29-22(16(25)12-26-29)24(36)32-10-8-31(9-11-32)19(34)13-37-17-5-3-4-14-20(28-30(2)21(14)17)15-6-7-18(33)27-23(15)35/h3-5,12,15H,6-11,13,25H2,1-2H3,(H,27,33,35). The number of anilines is 1. The van der Waals surface area contributed by atoms with Crippen molar-refractivity contribution in [3.05, 3.63) is 35.8 Å². The van der Waals surface area contributed by atoms with Crippen molar-refractivity contribution in [1.29, 1.82) is 0 Å². The van der Waals surface area contributed by atoms with Crippen LogP contribution in [-0.4, -0.2) is 85.8 Å². The molecule has 3 N–H and O–H groups in total. The lowest BCUT2D eigenvalue weighted by molar-refractivity contribution is -0.135. The topological polar surface area (TPSA) is 158 Å². The summed E-state index contributed by atoms with van der Waals surface area (Å²) in [5.74, 6) is -1.11. The number of para-hydroxylation sites is 1. The molecule has 13 heteroatoms. The first-order valence-corrected chi connectivity index (χ1v) is 12.0. The van der Waals surface area contributed by atoms with Crippen molar-refractivity contribution in [2.45, 2.75) is 18.8 Å². The van der Waals surface area contributed by atoms with Crippen molar-refractivity contribution >= 4 is 40.2 Å². The first kappa shape index (κ1) is 24.3. The molecule has 1 atom stereocenters. The monoisotopic (exact) mass is 508 g/mol. The summed E-state index contributed by atoms with van der Waals surface area (Å²) < 4.78 is 8.99. The van der Waals surface area contributed by atoms with E-state index in [0.29, 0.717) is 60.9 Å². The van der Waals surface area contributed by atoms with Crippen molar-refractivity contribution in [3.8, 4) is 5.75 Å². The maximum atomic E-state index is 12.9. The van der Waals surface area contributed by atoms with Crippen molar-refractivity contribution in [2.24, 2.45) is 14.1 Å². The summed E-state index contributed by atoms with van der Waals surface area (Å²) >= 11 is 0. The number of piperazine rings is 1. The van der Waals surface area contributed by atoms with Gasteiger partial charge in [0, 0.05) is 52.1 Å². The number of carbonyl (C=O) groups excluding carboxylic acids is 4. The summed E-state index contributed by atoms with van der Waals surface area (Å²) in [4.78, 5) is 53.0. The predicted octanol–water partition coefficient (Wildman–Crippen LogP) is -0.227. The van der Waals surface area contributed by atoms with Gasteiger partial charge in [-0.3, -0.25) is 33.9 Å². The van der Waals surface area contributed by atoms with Gasteiger partial charge in [-0.1, -0.05) is 12.1 Å². The number of imide groups is 1. The van der Waals surface area contributed by atoms with Crippen molar-refractivity contribution in [3.63, 3.8) is 0 Å². The van der Waals surface area contributed by atoms with E-state index in [1.54, 1.807) is 40.7 Å². The summed E-state index contributed by atoms with van der Waals surface area (Å²) in [6.45, 7) is 1.33. The fourth-order valence-corrected chi connectivity index (χ4v) is 4.91. The van der Waals surface area contributed by atoms with Crippen molar-refractivity contribution < 1.29 is 23.9 Å². The minimum Gasteiger partial charge on any atom is -0.481 e. The molecule has 0 bridgehead atoms. The summed E-state index contributed by atoms with van der Waals surface area (Å²) in [6, 6.07) is 5.38. The lowest BCUT2D eigenvalue weighted by Crippen LogP contribution is -2.52. The maximum Gasteiger partial charge on any atom is 0.274 e. The number of nitrogens with two attached hydrogens (primary N) is 1. The number of rotatable bonds is 5. The van der Waals surface area contributed by atoms with E-state index in [1.807, 2.05) is 6.07 Å². The molecule has 13 nitrogen and oxygen atoms in total. The third-order valence-corrected chi connectivity index (χ3v) is 6.87. The highest BCUT2D eigenvalue weighted by molar-refractivity contribution is 6.03. The fraction of sp³-hybridized carbons (Fsp3) is 0.417. The van der Waals surface area contributed by atoms with E-state index in [0.717, 1.165) is 5.39 Å².